The Hall–Kier alpha value is -0.350. The molecule has 70 valence electrons. The Morgan fingerprint density at radius 2 is 2.25 bits per heavy atom. The van der Waals surface area contributed by atoms with E-state index in [0.29, 0.717) is 13.0 Å². The van der Waals surface area contributed by atoms with E-state index in [2.05, 4.69) is 22.5 Å². The Kier molecular flexibility index (Phi) is 5.17. The number of halogens is 1. The zero-order valence-electron chi connectivity index (χ0n) is 7.38. The van der Waals surface area contributed by atoms with Gasteiger partial charge in [0.15, 0.2) is 0 Å². The van der Waals surface area contributed by atoms with Crippen molar-refractivity contribution in [3.8, 4) is 0 Å². The van der Waals surface area contributed by atoms with Gasteiger partial charge in [-0.15, -0.1) is 0 Å². The molecule has 0 bridgehead atoms. The summed E-state index contributed by atoms with van der Waals surface area (Å²) in [6, 6.07) is -0.417. The Labute approximate surface area is 81.2 Å². The van der Waals surface area contributed by atoms with Crippen LogP contribution in [-0.2, 0) is 4.79 Å². The molecule has 0 fully saturated rings. The van der Waals surface area contributed by atoms with E-state index >= 15 is 0 Å². The number of hydrogen-bond acceptors (Lipinski definition) is 2. The van der Waals surface area contributed by atoms with Gasteiger partial charge in [0.1, 0.15) is 6.04 Å². The number of carboxylic acids is 1. The van der Waals surface area contributed by atoms with Crippen LogP contribution in [0.3, 0.4) is 0 Å². The molecular weight excluding hydrogens is 222 g/mol. The van der Waals surface area contributed by atoms with Gasteiger partial charge in [-0.3, -0.25) is 9.69 Å². The van der Waals surface area contributed by atoms with Crippen LogP contribution in [0, 0.1) is 0 Å². The molecule has 0 rings (SSSR count). The number of rotatable bonds is 5. The van der Waals surface area contributed by atoms with Crippen LogP contribution in [0.5, 0.6) is 0 Å². The first kappa shape index (κ1) is 11.6. The van der Waals surface area contributed by atoms with E-state index in [1.807, 2.05) is 6.92 Å². The first-order valence-electron chi connectivity index (χ1n) is 3.75. The fourth-order valence-electron chi connectivity index (χ4n) is 1.06. The SMILES string of the molecule is C=C(Br)CN(C)C(CC)C(=O)O. The molecule has 0 spiro atoms. The van der Waals surface area contributed by atoms with Crippen molar-refractivity contribution >= 4 is 21.9 Å². The van der Waals surface area contributed by atoms with Gasteiger partial charge in [-0.2, -0.15) is 0 Å². The van der Waals surface area contributed by atoms with Gasteiger partial charge in [-0.25, -0.2) is 0 Å². The van der Waals surface area contributed by atoms with E-state index in [1.165, 1.54) is 0 Å². The highest BCUT2D eigenvalue weighted by Crippen LogP contribution is 2.08. The number of carboxylic acid groups (broad SMARTS) is 1. The minimum absolute atomic E-state index is 0.417. The molecule has 12 heavy (non-hydrogen) atoms. The molecule has 1 atom stereocenters. The monoisotopic (exact) mass is 235 g/mol. The van der Waals surface area contributed by atoms with E-state index in [9.17, 15) is 4.79 Å². The fourth-order valence-corrected chi connectivity index (χ4v) is 1.45. The van der Waals surface area contributed by atoms with Crippen molar-refractivity contribution in [1.29, 1.82) is 0 Å². The highest BCUT2D eigenvalue weighted by atomic mass is 79.9. The topological polar surface area (TPSA) is 40.5 Å². The van der Waals surface area contributed by atoms with Crippen LogP contribution in [0.4, 0.5) is 0 Å². The number of carbonyl (C=O) groups is 1. The molecule has 0 aromatic heterocycles. The van der Waals surface area contributed by atoms with Crippen molar-refractivity contribution in [1.82, 2.24) is 4.90 Å². The van der Waals surface area contributed by atoms with Crippen LogP contribution in [0.15, 0.2) is 11.1 Å². The van der Waals surface area contributed by atoms with Gasteiger partial charge in [-0.1, -0.05) is 29.4 Å². The quantitative estimate of drug-likeness (QED) is 0.789. The lowest BCUT2D eigenvalue weighted by Gasteiger charge is -2.22. The molecule has 0 aliphatic rings. The molecule has 0 radical (unpaired) electrons. The fraction of sp³-hybridized carbons (Fsp3) is 0.625. The van der Waals surface area contributed by atoms with Gasteiger partial charge in [0.2, 0.25) is 0 Å². The van der Waals surface area contributed by atoms with E-state index in [-0.39, 0.29) is 0 Å². The minimum Gasteiger partial charge on any atom is -0.480 e. The minimum atomic E-state index is -0.784. The highest BCUT2D eigenvalue weighted by Gasteiger charge is 2.19. The number of aliphatic carboxylic acids is 1. The Morgan fingerprint density at radius 3 is 2.50 bits per heavy atom. The lowest BCUT2D eigenvalue weighted by atomic mass is 10.2. The molecule has 1 N–H and O–H groups in total. The second-order valence-corrected chi connectivity index (χ2v) is 3.82. The molecule has 0 aromatic carbocycles. The Morgan fingerprint density at radius 1 is 1.75 bits per heavy atom. The molecule has 0 aromatic rings. The third kappa shape index (κ3) is 3.88. The number of likely N-dealkylation sites (N-methyl/N-ethyl adjacent to an activating group) is 1. The maximum Gasteiger partial charge on any atom is 0.320 e. The molecule has 3 nitrogen and oxygen atoms in total. The zero-order chi connectivity index (χ0) is 9.72. The normalized spacial score (nSPS) is 13.0. The summed E-state index contributed by atoms with van der Waals surface area (Å²) in [5, 5.41) is 8.77. The van der Waals surface area contributed by atoms with Crippen LogP contribution >= 0.6 is 15.9 Å². The molecule has 0 aliphatic heterocycles. The molecule has 4 heteroatoms. The van der Waals surface area contributed by atoms with E-state index in [4.69, 9.17) is 5.11 Å². The van der Waals surface area contributed by atoms with Crippen LogP contribution in [0.2, 0.25) is 0 Å². The predicted octanol–water partition coefficient (Wildman–Crippen LogP) is 1.69. The third-order valence-electron chi connectivity index (χ3n) is 1.62. The smallest absolute Gasteiger partial charge is 0.320 e. The van der Waals surface area contributed by atoms with Gasteiger partial charge in [0, 0.05) is 11.0 Å². The van der Waals surface area contributed by atoms with Gasteiger partial charge < -0.3 is 5.11 Å². The first-order chi connectivity index (χ1) is 5.49. The van der Waals surface area contributed by atoms with Crippen molar-refractivity contribution in [3.63, 3.8) is 0 Å². The van der Waals surface area contributed by atoms with Crippen LogP contribution in [0.1, 0.15) is 13.3 Å². The molecule has 0 amide bonds. The second-order valence-electron chi connectivity index (χ2n) is 2.69. The summed E-state index contributed by atoms with van der Waals surface area (Å²) in [5.41, 5.74) is 0. The zero-order valence-corrected chi connectivity index (χ0v) is 8.97. The van der Waals surface area contributed by atoms with E-state index < -0.39 is 12.0 Å². The van der Waals surface area contributed by atoms with Crippen molar-refractivity contribution in [3.05, 3.63) is 11.1 Å². The summed E-state index contributed by atoms with van der Waals surface area (Å²) in [7, 11) is 1.77. The molecule has 1 unspecified atom stereocenters. The van der Waals surface area contributed by atoms with E-state index in [1.54, 1.807) is 11.9 Å². The summed E-state index contributed by atoms with van der Waals surface area (Å²) in [5.74, 6) is -0.784. The van der Waals surface area contributed by atoms with Crippen LogP contribution in [0.25, 0.3) is 0 Å². The number of hydrogen-bond donors (Lipinski definition) is 1. The third-order valence-corrected chi connectivity index (χ3v) is 1.88. The van der Waals surface area contributed by atoms with Crippen LogP contribution in [-0.4, -0.2) is 35.6 Å². The number of nitrogens with zero attached hydrogens (tertiary/aromatic N) is 1. The average molecular weight is 236 g/mol. The lowest BCUT2D eigenvalue weighted by molar-refractivity contribution is -0.142. The average Bonchev–Trinajstić information content (AvgIpc) is 1.85. The summed E-state index contributed by atoms with van der Waals surface area (Å²) >= 11 is 3.19. The summed E-state index contributed by atoms with van der Waals surface area (Å²) < 4.78 is 0.796. The van der Waals surface area contributed by atoms with Crippen molar-refractivity contribution < 1.29 is 9.90 Å². The maximum atomic E-state index is 10.7. The van der Waals surface area contributed by atoms with Gasteiger partial charge in [-0.05, 0) is 13.5 Å². The largest absolute Gasteiger partial charge is 0.480 e. The molecule has 0 saturated heterocycles. The van der Waals surface area contributed by atoms with Crippen molar-refractivity contribution in [2.45, 2.75) is 19.4 Å². The lowest BCUT2D eigenvalue weighted by Crippen LogP contribution is -2.38. The van der Waals surface area contributed by atoms with Gasteiger partial charge in [0.25, 0.3) is 0 Å². The van der Waals surface area contributed by atoms with Gasteiger partial charge in [0.05, 0.1) is 0 Å². The summed E-state index contributed by atoms with van der Waals surface area (Å²) in [6.07, 6.45) is 0.603. The standard InChI is InChI=1S/C8H14BrNO2/c1-4-7(8(11)12)10(3)5-6(2)9/h7H,2,4-5H2,1,3H3,(H,11,12). The molecular formula is C8H14BrNO2. The Bertz CT molecular complexity index is 182. The summed E-state index contributed by atoms with van der Waals surface area (Å²) in [6.45, 7) is 6.07. The molecule has 0 heterocycles. The predicted molar refractivity (Wildman–Crippen MR) is 52.4 cm³/mol. The van der Waals surface area contributed by atoms with Crippen molar-refractivity contribution in [2.24, 2.45) is 0 Å². The highest BCUT2D eigenvalue weighted by molar-refractivity contribution is 9.11. The van der Waals surface area contributed by atoms with E-state index in [0.717, 1.165) is 4.48 Å². The van der Waals surface area contributed by atoms with Gasteiger partial charge >= 0.3 is 5.97 Å². The molecule has 0 aliphatic carbocycles. The maximum absolute atomic E-state index is 10.7. The van der Waals surface area contributed by atoms with Crippen molar-refractivity contribution in [2.75, 3.05) is 13.6 Å². The van der Waals surface area contributed by atoms with Crippen LogP contribution < -0.4 is 0 Å². The summed E-state index contributed by atoms with van der Waals surface area (Å²) in [4.78, 5) is 12.4. The first-order valence-corrected chi connectivity index (χ1v) is 4.54. The Balaban J connectivity index is 4.11. The molecule has 0 saturated carbocycles. The second kappa shape index (κ2) is 5.32.